The second-order valence-electron chi connectivity index (χ2n) is 7.49. The summed E-state index contributed by atoms with van der Waals surface area (Å²) in [5.41, 5.74) is 0.855. The summed E-state index contributed by atoms with van der Waals surface area (Å²) in [5.74, 6) is 0. The maximum atomic E-state index is 10.3. The minimum atomic E-state index is -0.654. The van der Waals surface area contributed by atoms with Crippen LogP contribution < -0.4 is 5.32 Å². The summed E-state index contributed by atoms with van der Waals surface area (Å²) in [5, 5.41) is 23.2. The van der Waals surface area contributed by atoms with Gasteiger partial charge in [0.05, 0.1) is 18.8 Å². The fourth-order valence-corrected chi connectivity index (χ4v) is 3.41. The van der Waals surface area contributed by atoms with Crippen LogP contribution in [0.2, 0.25) is 0 Å². The first kappa shape index (κ1) is 23.1. The molecule has 3 nitrogen and oxygen atoms in total. The van der Waals surface area contributed by atoms with Crippen LogP contribution in [0.4, 0.5) is 0 Å². The zero-order valence-corrected chi connectivity index (χ0v) is 16.8. The summed E-state index contributed by atoms with van der Waals surface area (Å²) in [4.78, 5) is 0. The molecule has 0 aliphatic carbocycles. The summed E-state index contributed by atoms with van der Waals surface area (Å²) in [7, 11) is 0. The van der Waals surface area contributed by atoms with Gasteiger partial charge in [0.15, 0.2) is 0 Å². The van der Waals surface area contributed by atoms with E-state index in [1.165, 1.54) is 70.6 Å². The minimum Gasteiger partial charge on any atom is -0.395 e. The first-order valence-electron chi connectivity index (χ1n) is 10.9. The number of nitrogens with one attached hydrogen (secondary N) is 1. The molecule has 0 saturated heterocycles. The average Bonchev–Trinajstić information content (AvgIpc) is 2.68. The molecule has 0 bridgehead atoms. The topological polar surface area (TPSA) is 52.5 Å². The molecule has 1 aromatic carbocycles. The Balaban J connectivity index is 1.96. The molecule has 26 heavy (non-hydrogen) atoms. The Hall–Kier alpha value is -0.900. The highest BCUT2D eigenvalue weighted by molar-refractivity contribution is 5.18. The normalized spacial score (nSPS) is 13.7. The van der Waals surface area contributed by atoms with Gasteiger partial charge in [0, 0.05) is 0 Å². The molecule has 1 rings (SSSR count). The highest BCUT2D eigenvalue weighted by Gasteiger charge is 2.18. The predicted octanol–water partition coefficient (Wildman–Crippen LogP) is 5.37. The molecule has 0 spiro atoms. The molecule has 0 aromatic heterocycles. The van der Waals surface area contributed by atoms with Gasteiger partial charge in [0.1, 0.15) is 0 Å². The maximum Gasteiger partial charge on any atom is 0.0965 e. The summed E-state index contributed by atoms with van der Waals surface area (Å²) >= 11 is 0. The lowest BCUT2D eigenvalue weighted by Gasteiger charge is -2.22. The van der Waals surface area contributed by atoms with Crippen molar-refractivity contribution in [2.24, 2.45) is 0 Å². The number of aliphatic hydroxyl groups is 2. The van der Waals surface area contributed by atoms with Crippen LogP contribution in [-0.4, -0.2) is 29.4 Å². The van der Waals surface area contributed by atoms with Crippen molar-refractivity contribution < 1.29 is 10.2 Å². The largest absolute Gasteiger partial charge is 0.395 e. The Kier molecular flexibility index (Phi) is 14.5. The molecule has 0 aliphatic rings. The lowest BCUT2D eigenvalue weighted by Crippen LogP contribution is -2.38. The van der Waals surface area contributed by atoms with Crippen molar-refractivity contribution in [1.82, 2.24) is 5.32 Å². The van der Waals surface area contributed by atoms with E-state index in [2.05, 4.69) is 12.2 Å². The van der Waals surface area contributed by atoms with Crippen LogP contribution in [0.1, 0.15) is 95.6 Å². The van der Waals surface area contributed by atoms with Gasteiger partial charge in [-0.05, 0) is 18.5 Å². The van der Waals surface area contributed by atoms with E-state index < -0.39 is 6.10 Å². The standard InChI is InChI=1S/C23H41NO2/c1-2-3-4-5-6-7-8-9-10-11-12-16-19-24-22(20-25)23(26)21-17-14-13-15-18-21/h13-15,17-18,22-26H,2-12,16,19-20H2,1H3/t22-,23-/m1/s1. The molecule has 0 fully saturated rings. The Morgan fingerprint density at radius 1 is 0.769 bits per heavy atom. The zero-order chi connectivity index (χ0) is 18.9. The van der Waals surface area contributed by atoms with Crippen LogP contribution in [0.3, 0.4) is 0 Å². The summed E-state index contributed by atoms with van der Waals surface area (Å²) in [6.45, 7) is 3.08. The van der Waals surface area contributed by atoms with Gasteiger partial charge in [-0.1, -0.05) is 108 Å². The van der Waals surface area contributed by atoms with Crippen LogP contribution in [0, 0.1) is 0 Å². The van der Waals surface area contributed by atoms with Crippen molar-refractivity contribution in [3.05, 3.63) is 35.9 Å². The Bertz CT molecular complexity index is 410. The van der Waals surface area contributed by atoms with E-state index >= 15 is 0 Å². The van der Waals surface area contributed by atoms with Gasteiger partial charge in [0.25, 0.3) is 0 Å². The lowest BCUT2D eigenvalue weighted by molar-refractivity contribution is 0.0899. The summed E-state index contributed by atoms with van der Waals surface area (Å²) in [6.07, 6.45) is 15.4. The van der Waals surface area contributed by atoms with Crippen molar-refractivity contribution >= 4 is 0 Å². The Labute approximate surface area is 161 Å². The number of benzene rings is 1. The first-order valence-corrected chi connectivity index (χ1v) is 10.9. The van der Waals surface area contributed by atoms with Crippen LogP contribution in [0.25, 0.3) is 0 Å². The molecule has 1 aromatic rings. The fraction of sp³-hybridized carbons (Fsp3) is 0.739. The van der Waals surface area contributed by atoms with Crippen LogP contribution in [-0.2, 0) is 0 Å². The van der Waals surface area contributed by atoms with E-state index in [-0.39, 0.29) is 12.6 Å². The molecule has 0 saturated carbocycles. The van der Waals surface area contributed by atoms with Crippen molar-refractivity contribution in [3.8, 4) is 0 Å². The smallest absolute Gasteiger partial charge is 0.0965 e. The van der Waals surface area contributed by atoms with Crippen molar-refractivity contribution in [2.75, 3.05) is 13.2 Å². The fourth-order valence-electron chi connectivity index (χ4n) is 3.41. The van der Waals surface area contributed by atoms with Crippen molar-refractivity contribution in [2.45, 2.75) is 96.1 Å². The van der Waals surface area contributed by atoms with E-state index in [9.17, 15) is 10.2 Å². The first-order chi connectivity index (χ1) is 12.8. The number of hydrogen-bond donors (Lipinski definition) is 3. The second kappa shape index (κ2) is 16.3. The van der Waals surface area contributed by atoms with Crippen molar-refractivity contribution in [3.63, 3.8) is 0 Å². The molecular formula is C23H41NO2. The second-order valence-corrected chi connectivity index (χ2v) is 7.49. The number of unbranched alkanes of at least 4 members (excludes halogenated alkanes) is 11. The number of rotatable bonds is 17. The molecule has 0 heterocycles. The third-order valence-corrected chi connectivity index (χ3v) is 5.16. The minimum absolute atomic E-state index is 0.0473. The van der Waals surface area contributed by atoms with Crippen molar-refractivity contribution in [1.29, 1.82) is 0 Å². The average molecular weight is 364 g/mol. The zero-order valence-electron chi connectivity index (χ0n) is 16.8. The third-order valence-electron chi connectivity index (χ3n) is 5.16. The van der Waals surface area contributed by atoms with E-state index in [0.29, 0.717) is 0 Å². The van der Waals surface area contributed by atoms with Gasteiger partial charge in [-0.3, -0.25) is 0 Å². The number of aliphatic hydroxyl groups excluding tert-OH is 2. The molecular weight excluding hydrogens is 322 g/mol. The molecule has 0 unspecified atom stereocenters. The van der Waals surface area contributed by atoms with Gasteiger partial charge in [-0.2, -0.15) is 0 Å². The third kappa shape index (κ3) is 10.9. The summed E-state index contributed by atoms with van der Waals surface area (Å²) in [6, 6.07) is 9.28. The molecule has 0 amide bonds. The molecule has 0 radical (unpaired) electrons. The Morgan fingerprint density at radius 3 is 1.77 bits per heavy atom. The molecule has 3 heteroatoms. The predicted molar refractivity (Wildman–Crippen MR) is 111 cm³/mol. The highest BCUT2D eigenvalue weighted by atomic mass is 16.3. The quantitative estimate of drug-likeness (QED) is 0.326. The van der Waals surface area contributed by atoms with Gasteiger partial charge < -0.3 is 15.5 Å². The van der Waals surface area contributed by atoms with Gasteiger partial charge >= 0.3 is 0 Å². The van der Waals surface area contributed by atoms with E-state index in [1.807, 2.05) is 30.3 Å². The van der Waals surface area contributed by atoms with Gasteiger partial charge in [-0.25, -0.2) is 0 Å². The molecule has 3 N–H and O–H groups in total. The SMILES string of the molecule is CCCCCCCCCCCCCCN[C@H](CO)[C@H](O)c1ccccc1. The van der Waals surface area contributed by atoms with Crippen LogP contribution in [0.5, 0.6) is 0 Å². The van der Waals surface area contributed by atoms with Gasteiger partial charge in [0.2, 0.25) is 0 Å². The summed E-state index contributed by atoms with van der Waals surface area (Å²) < 4.78 is 0. The van der Waals surface area contributed by atoms with Crippen LogP contribution >= 0.6 is 0 Å². The van der Waals surface area contributed by atoms with E-state index in [1.54, 1.807) is 0 Å². The monoisotopic (exact) mass is 363 g/mol. The molecule has 150 valence electrons. The lowest BCUT2D eigenvalue weighted by atomic mass is 10.0. The van der Waals surface area contributed by atoms with E-state index in [4.69, 9.17) is 0 Å². The van der Waals surface area contributed by atoms with Gasteiger partial charge in [-0.15, -0.1) is 0 Å². The van der Waals surface area contributed by atoms with E-state index in [0.717, 1.165) is 18.5 Å². The van der Waals surface area contributed by atoms with Crippen LogP contribution in [0.15, 0.2) is 30.3 Å². The molecule has 0 aliphatic heterocycles. The number of hydrogen-bond acceptors (Lipinski definition) is 3. The highest BCUT2D eigenvalue weighted by Crippen LogP contribution is 2.16. The molecule has 2 atom stereocenters. The maximum absolute atomic E-state index is 10.3. The Morgan fingerprint density at radius 2 is 1.27 bits per heavy atom.